The molecule has 2 aliphatic heterocycles. The van der Waals surface area contributed by atoms with Crippen molar-refractivity contribution in [2.24, 2.45) is 5.73 Å². The van der Waals surface area contributed by atoms with Crippen molar-refractivity contribution in [2.75, 3.05) is 26.2 Å². The predicted molar refractivity (Wildman–Crippen MR) is 111 cm³/mol. The topological polar surface area (TPSA) is 67.2 Å². The number of hydrogen-bond acceptors (Lipinski definition) is 3. The van der Waals surface area contributed by atoms with E-state index < -0.39 is 5.41 Å². The van der Waals surface area contributed by atoms with Gasteiger partial charge in [-0.05, 0) is 68.9 Å². The average molecular weight is 366 g/mol. The summed E-state index contributed by atoms with van der Waals surface area (Å²) in [5.74, 6) is 0.600. The number of carbonyl (C=O) groups excluding carboxylic acids is 1. The first kappa shape index (κ1) is 19.6. The van der Waals surface area contributed by atoms with Crippen LogP contribution in [-0.2, 0) is 10.2 Å². The van der Waals surface area contributed by atoms with Gasteiger partial charge in [0.15, 0.2) is 0 Å². The highest BCUT2D eigenvalue weighted by Crippen LogP contribution is 2.32. The summed E-state index contributed by atoms with van der Waals surface area (Å²) in [5, 5.41) is 6.64. The van der Waals surface area contributed by atoms with Crippen LogP contribution in [0.3, 0.4) is 0 Å². The van der Waals surface area contributed by atoms with E-state index in [9.17, 15) is 4.79 Å². The lowest BCUT2D eigenvalue weighted by atomic mass is 9.72. The Labute approximate surface area is 162 Å². The lowest BCUT2D eigenvalue weighted by Gasteiger charge is -2.35. The van der Waals surface area contributed by atoms with Crippen molar-refractivity contribution in [3.8, 4) is 0 Å². The van der Waals surface area contributed by atoms with Gasteiger partial charge in [0.05, 0.1) is 5.41 Å². The summed E-state index contributed by atoms with van der Waals surface area (Å²) >= 11 is 0. The Morgan fingerprint density at radius 1 is 0.815 bits per heavy atom. The molecule has 0 atom stereocenters. The van der Waals surface area contributed by atoms with E-state index >= 15 is 0 Å². The monoisotopic (exact) mass is 365 g/mol. The first-order valence-corrected chi connectivity index (χ1v) is 10.0. The van der Waals surface area contributed by atoms with Crippen LogP contribution in [0.15, 0.2) is 60.7 Å². The SMILES string of the molecule is NC(=O)C1(c2ccccc2)CCNCC1.c1ccc(C2CCNCC2)cc1. The minimum Gasteiger partial charge on any atom is -0.369 e. The van der Waals surface area contributed by atoms with Gasteiger partial charge < -0.3 is 16.4 Å². The van der Waals surface area contributed by atoms with Crippen molar-refractivity contribution in [1.29, 1.82) is 0 Å². The van der Waals surface area contributed by atoms with Crippen LogP contribution in [0.5, 0.6) is 0 Å². The number of primary amides is 1. The Balaban J connectivity index is 0.000000159. The van der Waals surface area contributed by atoms with Crippen molar-refractivity contribution in [3.63, 3.8) is 0 Å². The van der Waals surface area contributed by atoms with Gasteiger partial charge in [-0.2, -0.15) is 0 Å². The van der Waals surface area contributed by atoms with E-state index in [0.29, 0.717) is 0 Å². The second kappa shape index (κ2) is 9.67. The number of nitrogens with one attached hydrogen (secondary N) is 2. The first-order valence-electron chi connectivity index (χ1n) is 10.0. The van der Waals surface area contributed by atoms with Gasteiger partial charge in [0.25, 0.3) is 0 Å². The zero-order valence-electron chi connectivity index (χ0n) is 16.0. The quantitative estimate of drug-likeness (QED) is 0.783. The molecule has 2 aromatic carbocycles. The van der Waals surface area contributed by atoms with Crippen LogP contribution < -0.4 is 16.4 Å². The van der Waals surface area contributed by atoms with Gasteiger partial charge in [0, 0.05) is 0 Å². The molecule has 0 aromatic heterocycles. The summed E-state index contributed by atoms with van der Waals surface area (Å²) in [5.41, 5.74) is 7.68. The molecule has 2 heterocycles. The molecule has 0 aliphatic carbocycles. The minimum absolute atomic E-state index is 0.199. The molecule has 0 unspecified atom stereocenters. The molecule has 2 aliphatic rings. The fraction of sp³-hybridized carbons (Fsp3) is 0.435. The Kier molecular flexibility index (Phi) is 7.02. The van der Waals surface area contributed by atoms with E-state index in [2.05, 4.69) is 41.0 Å². The number of hydrogen-bond donors (Lipinski definition) is 3. The maximum absolute atomic E-state index is 11.7. The largest absolute Gasteiger partial charge is 0.369 e. The van der Waals surface area contributed by atoms with Crippen LogP contribution in [0.2, 0.25) is 0 Å². The van der Waals surface area contributed by atoms with Gasteiger partial charge >= 0.3 is 0 Å². The number of nitrogens with two attached hydrogens (primary N) is 1. The third kappa shape index (κ3) is 4.96. The number of piperidine rings is 2. The Bertz CT molecular complexity index is 690. The molecule has 0 radical (unpaired) electrons. The zero-order valence-corrected chi connectivity index (χ0v) is 16.0. The van der Waals surface area contributed by atoms with E-state index in [4.69, 9.17) is 5.73 Å². The Hall–Kier alpha value is -2.17. The lowest BCUT2D eigenvalue weighted by Crippen LogP contribution is -2.48. The molecular formula is C23H31N3O. The fourth-order valence-corrected chi connectivity index (χ4v) is 4.17. The standard InChI is InChI=1S/C12H16N2O.C11H15N/c13-11(15)12(6-8-14-9-7-12)10-4-2-1-3-5-10;1-2-4-10(5-3-1)11-6-8-12-9-7-11/h1-5,14H,6-9H2,(H2,13,15);1-5,11-12H,6-9H2. The summed E-state index contributed by atoms with van der Waals surface area (Å²) in [6.07, 6.45) is 4.19. The van der Waals surface area contributed by atoms with E-state index in [1.165, 1.54) is 31.5 Å². The predicted octanol–water partition coefficient (Wildman–Crippen LogP) is 2.95. The Morgan fingerprint density at radius 2 is 1.33 bits per heavy atom. The van der Waals surface area contributed by atoms with Crippen LogP contribution in [0.4, 0.5) is 0 Å². The molecule has 2 aromatic rings. The van der Waals surface area contributed by atoms with Crippen LogP contribution in [0.25, 0.3) is 0 Å². The minimum atomic E-state index is -0.452. The molecule has 0 bridgehead atoms. The van der Waals surface area contributed by atoms with Crippen molar-refractivity contribution in [1.82, 2.24) is 10.6 Å². The van der Waals surface area contributed by atoms with E-state index in [1.807, 2.05) is 30.3 Å². The van der Waals surface area contributed by atoms with Gasteiger partial charge in [-0.15, -0.1) is 0 Å². The van der Waals surface area contributed by atoms with Gasteiger partial charge in [-0.1, -0.05) is 60.7 Å². The normalized spacial score (nSPS) is 19.6. The average Bonchev–Trinajstić information content (AvgIpc) is 2.76. The smallest absolute Gasteiger partial charge is 0.228 e. The first-order chi connectivity index (χ1) is 13.2. The molecular weight excluding hydrogens is 334 g/mol. The summed E-state index contributed by atoms with van der Waals surface area (Å²) in [4.78, 5) is 11.7. The van der Waals surface area contributed by atoms with Crippen molar-refractivity contribution in [2.45, 2.75) is 37.0 Å². The molecule has 1 amide bonds. The maximum Gasteiger partial charge on any atom is 0.228 e. The van der Waals surface area contributed by atoms with E-state index in [1.54, 1.807) is 0 Å². The summed E-state index contributed by atoms with van der Waals surface area (Å²) in [6, 6.07) is 20.7. The molecule has 4 rings (SSSR count). The molecule has 2 fully saturated rings. The molecule has 4 heteroatoms. The molecule has 0 spiro atoms. The maximum atomic E-state index is 11.7. The summed E-state index contributed by atoms with van der Waals surface area (Å²) in [7, 11) is 0. The highest BCUT2D eigenvalue weighted by Gasteiger charge is 2.39. The Morgan fingerprint density at radius 3 is 1.89 bits per heavy atom. The van der Waals surface area contributed by atoms with Gasteiger partial charge in [0.2, 0.25) is 5.91 Å². The second-order valence-corrected chi connectivity index (χ2v) is 7.50. The van der Waals surface area contributed by atoms with Crippen LogP contribution in [0, 0.1) is 0 Å². The highest BCUT2D eigenvalue weighted by molar-refractivity contribution is 5.86. The molecule has 2 saturated heterocycles. The molecule has 27 heavy (non-hydrogen) atoms. The number of benzene rings is 2. The fourth-order valence-electron chi connectivity index (χ4n) is 4.17. The molecule has 4 nitrogen and oxygen atoms in total. The molecule has 144 valence electrons. The van der Waals surface area contributed by atoms with Gasteiger partial charge in [0.1, 0.15) is 0 Å². The lowest BCUT2D eigenvalue weighted by molar-refractivity contribution is -0.124. The van der Waals surface area contributed by atoms with Crippen molar-refractivity contribution in [3.05, 3.63) is 71.8 Å². The van der Waals surface area contributed by atoms with E-state index in [-0.39, 0.29) is 5.91 Å². The van der Waals surface area contributed by atoms with Crippen LogP contribution >= 0.6 is 0 Å². The highest BCUT2D eigenvalue weighted by atomic mass is 16.1. The molecule has 4 N–H and O–H groups in total. The second-order valence-electron chi connectivity index (χ2n) is 7.50. The summed E-state index contributed by atoms with van der Waals surface area (Å²) < 4.78 is 0. The summed E-state index contributed by atoms with van der Waals surface area (Å²) in [6.45, 7) is 4.08. The van der Waals surface area contributed by atoms with Crippen LogP contribution in [0.1, 0.15) is 42.7 Å². The third-order valence-electron chi connectivity index (χ3n) is 5.87. The van der Waals surface area contributed by atoms with E-state index in [0.717, 1.165) is 37.4 Å². The third-order valence-corrected chi connectivity index (χ3v) is 5.87. The number of rotatable bonds is 3. The zero-order chi connectivity index (χ0) is 19.0. The van der Waals surface area contributed by atoms with Crippen LogP contribution in [-0.4, -0.2) is 32.1 Å². The van der Waals surface area contributed by atoms with Crippen molar-refractivity contribution >= 4 is 5.91 Å². The van der Waals surface area contributed by atoms with Gasteiger partial charge in [-0.25, -0.2) is 0 Å². The molecule has 0 saturated carbocycles. The van der Waals surface area contributed by atoms with Crippen molar-refractivity contribution < 1.29 is 4.79 Å². The number of carbonyl (C=O) groups is 1. The number of amides is 1. The van der Waals surface area contributed by atoms with Gasteiger partial charge in [-0.3, -0.25) is 4.79 Å².